The van der Waals surface area contributed by atoms with Gasteiger partial charge in [0.15, 0.2) is 11.5 Å². The molecule has 1 heterocycles. The monoisotopic (exact) mass is 422 g/mol. The maximum absolute atomic E-state index is 13.1. The van der Waals surface area contributed by atoms with E-state index < -0.39 is 0 Å². The summed E-state index contributed by atoms with van der Waals surface area (Å²) in [5.41, 5.74) is 3.64. The van der Waals surface area contributed by atoms with Gasteiger partial charge in [-0.15, -0.1) is 0 Å². The van der Waals surface area contributed by atoms with Crippen LogP contribution >= 0.6 is 0 Å². The number of aryl methyl sites for hydroxylation is 1. The molecule has 8 heteroatoms. The number of amides is 2. The Bertz CT molecular complexity index is 1130. The first-order chi connectivity index (χ1) is 14.8. The van der Waals surface area contributed by atoms with Gasteiger partial charge in [-0.2, -0.15) is 5.10 Å². The fourth-order valence-electron chi connectivity index (χ4n) is 3.27. The molecular weight excluding hydrogens is 396 g/mol. The Morgan fingerprint density at radius 1 is 1.00 bits per heavy atom. The van der Waals surface area contributed by atoms with Gasteiger partial charge in [0.25, 0.3) is 11.8 Å². The molecule has 2 amide bonds. The maximum Gasteiger partial charge on any atom is 0.259 e. The van der Waals surface area contributed by atoms with Gasteiger partial charge in [0.05, 0.1) is 48.6 Å². The molecule has 0 fully saturated rings. The van der Waals surface area contributed by atoms with E-state index >= 15 is 0 Å². The molecule has 0 spiro atoms. The lowest BCUT2D eigenvalue weighted by atomic mass is 10.1. The van der Waals surface area contributed by atoms with Crippen LogP contribution in [0.25, 0.3) is 5.69 Å². The topological polar surface area (TPSA) is 85.7 Å². The first-order valence-corrected chi connectivity index (χ1v) is 9.68. The van der Waals surface area contributed by atoms with E-state index in [0.717, 1.165) is 11.3 Å². The van der Waals surface area contributed by atoms with Crippen LogP contribution in [-0.2, 0) is 0 Å². The first kappa shape index (κ1) is 21.9. The smallest absolute Gasteiger partial charge is 0.259 e. The molecule has 31 heavy (non-hydrogen) atoms. The van der Waals surface area contributed by atoms with Crippen LogP contribution < -0.4 is 14.8 Å². The Kier molecular flexibility index (Phi) is 6.29. The number of methoxy groups -OCH3 is 2. The quantitative estimate of drug-likeness (QED) is 0.658. The van der Waals surface area contributed by atoms with E-state index in [1.54, 1.807) is 30.9 Å². The van der Waals surface area contributed by atoms with Crippen molar-refractivity contribution in [3.63, 3.8) is 0 Å². The minimum atomic E-state index is -0.377. The van der Waals surface area contributed by atoms with E-state index in [0.29, 0.717) is 34.0 Å². The number of nitrogens with zero attached hydrogens (tertiary/aromatic N) is 3. The number of anilines is 1. The van der Waals surface area contributed by atoms with E-state index in [-0.39, 0.29) is 11.8 Å². The molecule has 0 saturated heterocycles. The van der Waals surface area contributed by atoms with Gasteiger partial charge in [-0.1, -0.05) is 18.2 Å². The van der Waals surface area contributed by atoms with Gasteiger partial charge in [0.2, 0.25) is 0 Å². The van der Waals surface area contributed by atoms with Gasteiger partial charge in [-0.3, -0.25) is 9.59 Å². The third-order valence-corrected chi connectivity index (χ3v) is 5.01. The standard InChI is InChI=1S/C23H26N4O4/c1-14-9-7-8-10-19(14)27-15(2)17(13-24-27)22(28)25-18-12-21(31-6)20(30-5)11-16(18)23(29)26(3)4/h7-13H,1-6H3,(H,25,28). The maximum atomic E-state index is 13.1. The summed E-state index contributed by atoms with van der Waals surface area (Å²) >= 11 is 0. The summed E-state index contributed by atoms with van der Waals surface area (Å²) < 4.78 is 12.4. The van der Waals surface area contributed by atoms with E-state index in [1.165, 1.54) is 25.3 Å². The number of aromatic nitrogens is 2. The Balaban J connectivity index is 2.00. The van der Waals surface area contributed by atoms with Gasteiger partial charge in [-0.25, -0.2) is 4.68 Å². The minimum Gasteiger partial charge on any atom is -0.493 e. The summed E-state index contributed by atoms with van der Waals surface area (Å²) in [7, 11) is 6.26. The fourth-order valence-corrected chi connectivity index (χ4v) is 3.27. The Labute approximate surface area is 181 Å². The molecule has 3 aromatic rings. The predicted octanol–water partition coefficient (Wildman–Crippen LogP) is 3.46. The average Bonchev–Trinajstić information content (AvgIpc) is 3.14. The summed E-state index contributed by atoms with van der Waals surface area (Å²) in [5.74, 6) is 0.149. The lowest BCUT2D eigenvalue weighted by molar-refractivity contribution is 0.0828. The Morgan fingerprint density at radius 3 is 2.26 bits per heavy atom. The molecule has 162 valence electrons. The number of carbonyl (C=O) groups excluding carboxylic acids is 2. The molecule has 0 saturated carbocycles. The van der Waals surface area contributed by atoms with Gasteiger partial charge >= 0.3 is 0 Å². The van der Waals surface area contributed by atoms with Gasteiger partial charge in [0, 0.05) is 20.2 Å². The van der Waals surface area contributed by atoms with Crippen molar-refractivity contribution in [2.24, 2.45) is 0 Å². The van der Waals surface area contributed by atoms with Gasteiger partial charge in [-0.05, 0) is 31.5 Å². The van der Waals surface area contributed by atoms with Crippen molar-refractivity contribution in [3.8, 4) is 17.2 Å². The normalized spacial score (nSPS) is 10.5. The molecule has 1 N–H and O–H groups in total. The molecular formula is C23H26N4O4. The third kappa shape index (κ3) is 4.23. The molecule has 2 aromatic carbocycles. The molecule has 0 unspecified atom stereocenters. The summed E-state index contributed by atoms with van der Waals surface area (Å²) in [5, 5.41) is 7.23. The van der Waals surface area contributed by atoms with Crippen molar-refractivity contribution in [2.45, 2.75) is 13.8 Å². The number of carbonyl (C=O) groups is 2. The molecule has 0 bridgehead atoms. The fraction of sp³-hybridized carbons (Fsp3) is 0.261. The second-order valence-electron chi connectivity index (χ2n) is 7.25. The molecule has 0 radical (unpaired) electrons. The van der Waals surface area contributed by atoms with Crippen LogP contribution in [0.4, 0.5) is 5.69 Å². The summed E-state index contributed by atoms with van der Waals surface area (Å²) in [4.78, 5) is 27.2. The Morgan fingerprint density at radius 2 is 1.65 bits per heavy atom. The SMILES string of the molecule is COc1cc(NC(=O)c2cnn(-c3ccccc3C)c2C)c(C(=O)N(C)C)cc1OC. The summed E-state index contributed by atoms with van der Waals surface area (Å²) in [6.07, 6.45) is 1.52. The van der Waals surface area contributed by atoms with Crippen LogP contribution in [0, 0.1) is 13.8 Å². The number of hydrogen-bond acceptors (Lipinski definition) is 5. The van der Waals surface area contributed by atoms with Crippen LogP contribution in [-0.4, -0.2) is 54.8 Å². The number of para-hydroxylation sites is 1. The van der Waals surface area contributed by atoms with E-state index in [1.807, 2.05) is 38.1 Å². The number of benzene rings is 2. The first-order valence-electron chi connectivity index (χ1n) is 9.68. The van der Waals surface area contributed by atoms with E-state index in [9.17, 15) is 9.59 Å². The van der Waals surface area contributed by atoms with E-state index in [4.69, 9.17) is 9.47 Å². The van der Waals surface area contributed by atoms with Crippen molar-refractivity contribution >= 4 is 17.5 Å². The zero-order chi connectivity index (χ0) is 22.7. The second kappa shape index (κ2) is 8.91. The zero-order valence-corrected chi connectivity index (χ0v) is 18.5. The predicted molar refractivity (Wildman–Crippen MR) is 119 cm³/mol. The lowest BCUT2D eigenvalue weighted by Crippen LogP contribution is -2.24. The molecule has 0 atom stereocenters. The largest absolute Gasteiger partial charge is 0.493 e. The van der Waals surface area contributed by atoms with Crippen molar-refractivity contribution in [3.05, 3.63) is 65.0 Å². The van der Waals surface area contributed by atoms with Crippen LogP contribution in [0.3, 0.4) is 0 Å². The van der Waals surface area contributed by atoms with Gasteiger partial charge < -0.3 is 19.7 Å². The minimum absolute atomic E-state index is 0.274. The molecule has 0 aliphatic carbocycles. The third-order valence-electron chi connectivity index (χ3n) is 5.01. The molecule has 0 aliphatic rings. The Hall–Kier alpha value is -3.81. The van der Waals surface area contributed by atoms with Gasteiger partial charge in [0.1, 0.15) is 0 Å². The van der Waals surface area contributed by atoms with Crippen LogP contribution in [0.15, 0.2) is 42.6 Å². The molecule has 8 nitrogen and oxygen atoms in total. The molecule has 1 aromatic heterocycles. The van der Waals surface area contributed by atoms with E-state index in [2.05, 4.69) is 10.4 Å². The highest BCUT2D eigenvalue weighted by Gasteiger charge is 2.22. The average molecular weight is 422 g/mol. The number of hydrogen-bond donors (Lipinski definition) is 1. The highest BCUT2D eigenvalue weighted by atomic mass is 16.5. The summed E-state index contributed by atoms with van der Waals surface area (Å²) in [6.45, 7) is 3.81. The van der Waals surface area contributed by atoms with Crippen LogP contribution in [0.2, 0.25) is 0 Å². The number of ether oxygens (including phenoxy) is 2. The molecule has 0 aliphatic heterocycles. The molecule has 3 rings (SSSR count). The van der Waals surface area contributed by atoms with Crippen molar-refractivity contribution in [2.75, 3.05) is 33.6 Å². The highest BCUT2D eigenvalue weighted by Crippen LogP contribution is 2.34. The van der Waals surface area contributed by atoms with Crippen molar-refractivity contribution in [1.29, 1.82) is 0 Å². The highest BCUT2D eigenvalue weighted by molar-refractivity contribution is 6.09. The second-order valence-corrected chi connectivity index (χ2v) is 7.25. The summed E-state index contributed by atoms with van der Waals surface area (Å²) in [6, 6.07) is 10.9. The zero-order valence-electron chi connectivity index (χ0n) is 18.5. The van der Waals surface area contributed by atoms with Crippen LogP contribution in [0.5, 0.6) is 11.5 Å². The van der Waals surface area contributed by atoms with Crippen molar-refractivity contribution < 1.29 is 19.1 Å². The number of nitrogens with one attached hydrogen (secondary N) is 1. The van der Waals surface area contributed by atoms with Crippen molar-refractivity contribution in [1.82, 2.24) is 14.7 Å². The lowest BCUT2D eigenvalue weighted by Gasteiger charge is -2.18. The number of rotatable bonds is 6. The van der Waals surface area contributed by atoms with Crippen LogP contribution in [0.1, 0.15) is 32.0 Å².